The van der Waals surface area contributed by atoms with Crippen LogP contribution >= 0.6 is 0 Å². The summed E-state index contributed by atoms with van der Waals surface area (Å²) in [6.45, 7) is 6.84. The molecule has 0 saturated carbocycles. The van der Waals surface area contributed by atoms with Crippen molar-refractivity contribution in [1.82, 2.24) is 10.2 Å². The van der Waals surface area contributed by atoms with Crippen LogP contribution in [0, 0.1) is 0 Å². The average molecular weight is 210 g/mol. The molecule has 0 amide bonds. The molecule has 2 aliphatic rings. The van der Waals surface area contributed by atoms with Crippen LogP contribution in [-0.4, -0.2) is 35.6 Å². The monoisotopic (exact) mass is 210 g/mol. The minimum absolute atomic E-state index is 0.273. The first kappa shape index (κ1) is 11.4. The van der Waals surface area contributed by atoms with E-state index in [1.54, 1.807) is 0 Å². The Morgan fingerprint density at radius 2 is 1.60 bits per heavy atom. The Bertz CT molecular complexity index is 205. The molecule has 2 unspecified atom stereocenters. The third kappa shape index (κ3) is 2.73. The van der Waals surface area contributed by atoms with Crippen molar-refractivity contribution < 1.29 is 0 Å². The van der Waals surface area contributed by atoms with Gasteiger partial charge >= 0.3 is 0 Å². The van der Waals surface area contributed by atoms with Gasteiger partial charge in [0.05, 0.1) is 0 Å². The molecular weight excluding hydrogens is 184 g/mol. The van der Waals surface area contributed by atoms with Gasteiger partial charge in [0.15, 0.2) is 0 Å². The zero-order chi connectivity index (χ0) is 11.1. The standard InChI is InChI=1S/C13H26N2/c1-13(2,3)14-10-8-11-6-5-7-12(9-10)15(11)4/h10-12,14H,5-9H2,1-4H3/t10?,11-,12?/m0/s1. The Hall–Kier alpha value is -0.0800. The lowest BCUT2D eigenvalue weighted by molar-refractivity contribution is 0.0427. The summed E-state index contributed by atoms with van der Waals surface area (Å²) >= 11 is 0. The minimum Gasteiger partial charge on any atom is -0.309 e. The molecule has 0 aromatic heterocycles. The van der Waals surface area contributed by atoms with E-state index >= 15 is 0 Å². The molecule has 2 fully saturated rings. The molecule has 2 heteroatoms. The summed E-state index contributed by atoms with van der Waals surface area (Å²) in [6, 6.07) is 2.44. The maximum Gasteiger partial charge on any atom is 0.0110 e. The van der Waals surface area contributed by atoms with Crippen molar-refractivity contribution in [1.29, 1.82) is 0 Å². The van der Waals surface area contributed by atoms with Gasteiger partial charge in [-0.25, -0.2) is 0 Å². The summed E-state index contributed by atoms with van der Waals surface area (Å²) in [6.07, 6.45) is 6.97. The molecule has 2 saturated heterocycles. The van der Waals surface area contributed by atoms with E-state index in [0.29, 0.717) is 0 Å². The van der Waals surface area contributed by atoms with Crippen molar-refractivity contribution in [2.24, 2.45) is 0 Å². The third-order valence-electron chi connectivity index (χ3n) is 3.98. The number of rotatable bonds is 1. The molecule has 3 atom stereocenters. The van der Waals surface area contributed by atoms with Gasteiger partial charge in [0.1, 0.15) is 0 Å². The van der Waals surface area contributed by atoms with Crippen LogP contribution in [0.3, 0.4) is 0 Å². The maximum atomic E-state index is 3.78. The molecule has 0 aromatic carbocycles. The molecule has 88 valence electrons. The molecule has 0 radical (unpaired) electrons. The molecule has 2 bridgehead atoms. The van der Waals surface area contributed by atoms with E-state index in [4.69, 9.17) is 0 Å². The first-order valence-electron chi connectivity index (χ1n) is 6.45. The second-order valence-electron chi connectivity index (χ2n) is 6.47. The molecule has 2 aliphatic heterocycles. The van der Waals surface area contributed by atoms with Crippen molar-refractivity contribution >= 4 is 0 Å². The molecule has 0 aromatic rings. The molecule has 15 heavy (non-hydrogen) atoms. The van der Waals surface area contributed by atoms with Gasteiger partial charge in [0, 0.05) is 23.7 Å². The molecule has 0 aliphatic carbocycles. The van der Waals surface area contributed by atoms with E-state index in [1.807, 2.05) is 0 Å². The van der Waals surface area contributed by atoms with Crippen LogP contribution in [0.15, 0.2) is 0 Å². The second-order valence-corrected chi connectivity index (χ2v) is 6.47. The first-order valence-corrected chi connectivity index (χ1v) is 6.45. The highest BCUT2D eigenvalue weighted by atomic mass is 15.2. The van der Waals surface area contributed by atoms with Crippen LogP contribution in [0.5, 0.6) is 0 Å². The normalized spacial score (nSPS) is 38.0. The van der Waals surface area contributed by atoms with E-state index in [9.17, 15) is 0 Å². The van der Waals surface area contributed by atoms with E-state index in [-0.39, 0.29) is 5.54 Å². The second kappa shape index (κ2) is 4.06. The van der Waals surface area contributed by atoms with E-state index in [1.165, 1.54) is 32.1 Å². The van der Waals surface area contributed by atoms with Crippen molar-refractivity contribution in [2.45, 2.75) is 76.5 Å². The maximum absolute atomic E-state index is 3.78. The summed E-state index contributed by atoms with van der Waals surface area (Å²) in [5, 5.41) is 3.78. The lowest BCUT2D eigenvalue weighted by Gasteiger charge is -2.48. The Labute approximate surface area is 94.4 Å². The van der Waals surface area contributed by atoms with Gasteiger partial charge in [-0.15, -0.1) is 0 Å². The number of hydrogen-bond donors (Lipinski definition) is 1. The summed E-state index contributed by atoms with van der Waals surface area (Å²) in [5.74, 6) is 0. The molecule has 1 N–H and O–H groups in total. The van der Waals surface area contributed by atoms with E-state index in [0.717, 1.165) is 18.1 Å². The van der Waals surface area contributed by atoms with Crippen LogP contribution in [0.1, 0.15) is 52.9 Å². The summed E-state index contributed by atoms with van der Waals surface area (Å²) in [7, 11) is 2.32. The number of hydrogen-bond acceptors (Lipinski definition) is 2. The van der Waals surface area contributed by atoms with Crippen molar-refractivity contribution in [2.75, 3.05) is 7.05 Å². The fraction of sp³-hybridized carbons (Fsp3) is 1.00. The zero-order valence-corrected chi connectivity index (χ0v) is 10.7. The van der Waals surface area contributed by atoms with Crippen LogP contribution in [0.2, 0.25) is 0 Å². The highest BCUT2D eigenvalue weighted by Crippen LogP contribution is 2.33. The Morgan fingerprint density at radius 3 is 2.07 bits per heavy atom. The lowest BCUT2D eigenvalue weighted by Crippen LogP contribution is -2.57. The smallest absolute Gasteiger partial charge is 0.0110 e. The van der Waals surface area contributed by atoms with Crippen LogP contribution in [0.25, 0.3) is 0 Å². The van der Waals surface area contributed by atoms with Crippen molar-refractivity contribution in [3.63, 3.8) is 0 Å². The number of nitrogens with zero attached hydrogens (tertiary/aromatic N) is 1. The quantitative estimate of drug-likeness (QED) is 0.715. The molecule has 0 spiro atoms. The van der Waals surface area contributed by atoms with Gasteiger partial charge in [0.2, 0.25) is 0 Å². The molecule has 2 rings (SSSR count). The van der Waals surface area contributed by atoms with Crippen molar-refractivity contribution in [3.8, 4) is 0 Å². The summed E-state index contributed by atoms with van der Waals surface area (Å²) in [5.41, 5.74) is 0.273. The fourth-order valence-corrected chi connectivity index (χ4v) is 3.35. The highest BCUT2D eigenvalue weighted by Gasteiger charge is 2.36. The third-order valence-corrected chi connectivity index (χ3v) is 3.98. The summed E-state index contributed by atoms with van der Waals surface area (Å²) in [4.78, 5) is 2.63. The fourth-order valence-electron chi connectivity index (χ4n) is 3.35. The van der Waals surface area contributed by atoms with E-state index < -0.39 is 0 Å². The SMILES string of the molecule is CN1C2CCC[C@H]1CC(NC(C)(C)C)C2. The predicted octanol–water partition coefficient (Wildman–Crippen LogP) is 2.39. The van der Waals surface area contributed by atoms with Crippen LogP contribution < -0.4 is 5.32 Å². The van der Waals surface area contributed by atoms with Crippen LogP contribution in [0.4, 0.5) is 0 Å². The highest BCUT2D eigenvalue weighted by molar-refractivity contribution is 4.95. The largest absolute Gasteiger partial charge is 0.309 e. The van der Waals surface area contributed by atoms with E-state index in [2.05, 4.69) is 38.0 Å². The van der Waals surface area contributed by atoms with Gasteiger partial charge in [-0.3, -0.25) is 0 Å². The average Bonchev–Trinajstić information content (AvgIpc) is 2.04. The Morgan fingerprint density at radius 1 is 1.07 bits per heavy atom. The first-order chi connectivity index (χ1) is 6.96. The number of fused-ring (bicyclic) bond motifs is 2. The number of piperidine rings is 2. The Kier molecular flexibility index (Phi) is 3.09. The predicted molar refractivity (Wildman–Crippen MR) is 65.1 cm³/mol. The van der Waals surface area contributed by atoms with Crippen molar-refractivity contribution in [3.05, 3.63) is 0 Å². The molecule has 2 nitrogen and oxygen atoms in total. The summed E-state index contributed by atoms with van der Waals surface area (Å²) < 4.78 is 0. The van der Waals surface area contributed by atoms with Gasteiger partial charge in [-0.05, 0) is 53.5 Å². The van der Waals surface area contributed by atoms with Gasteiger partial charge in [0.25, 0.3) is 0 Å². The molecular formula is C13H26N2. The van der Waals surface area contributed by atoms with Crippen LogP contribution in [-0.2, 0) is 0 Å². The zero-order valence-electron chi connectivity index (χ0n) is 10.7. The topological polar surface area (TPSA) is 15.3 Å². The van der Waals surface area contributed by atoms with Gasteiger partial charge < -0.3 is 10.2 Å². The number of nitrogens with one attached hydrogen (secondary N) is 1. The minimum atomic E-state index is 0.273. The molecule has 2 heterocycles. The van der Waals surface area contributed by atoms with Gasteiger partial charge in [-0.2, -0.15) is 0 Å². The Balaban J connectivity index is 1.95. The lowest BCUT2D eigenvalue weighted by atomic mass is 9.81. The van der Waals surface area contributed by atoms with Gasteiger partial charge in [-0.1, -0.05) is 6.42 Å².